The molecule has 2 heterocycles. The van der Waals surface area contributed by atoms with E-state index >= 15 is 0 Å². The molecule has 0 fully saturated rings. The number of nitrogens with zero attached hydrogens (tertiary/aromatic N) is 3. The van der Waals surface area contributed by atoms with Gasteiger partial charge in [0.1, 0.15) is 5.82 Å². The lowest BCUT2D eigenvalue weighted by molar-refractivity contribution is 0.737. The molecule has 0 bridgehead atoms. The van der Waals surface area contributed by atoms with Crippen LogP contribution in [0.25, 0.3) is 11.0 Å². The minimum atomic E-state index is 0. The number of thiophene rings is 1. The van der Waals surface area contributed by atoms with E-state index in [0.29, 0.717) is 6.54 Å². The van der Waals surface area contributed by atoms with Crippen LogP contribution in [-0.2, 0) is 20.1 Å². The fourth-order valence-corrected chi connectivity index (χ4v) is 3.33. The smallest absolute Gasteiger partial charge is 0.191 e. The Labute approximate surface area is 163 Å². The first-order valence-electron chi connectivity index (χ1n) is 7.57. The first kappa shape index (κ1) is 18.7. The number of aliphatic imine (C=N–C) groups is 1. The maximum Gasteiger partial charge on any atom is 0.191 e. The standard InChI is InChI=1S/C17H21N5S.HI/c1-12-8-9-23-15(12)10-19-17(18-2)20-11-16-21-13-6-4-5-7-14(13)22(16)3;/h4-9H,10-11H2,1-3H3,(H2,18,19,20);1H. The molecule has 0 radical (unpaired) electrons. The Morgan fingerprint density at radius 1 is 1.21 bits per heavy atom. The number of guanidine groups is 1. The normalized spacial score (nSPS) is 11.4. The molecule has 1 aromatic carbocycles. The quantitative estimate of drug-likeness (QED) is 0.360. The molecule has 3 aromatic rings. The van der Waals surface area contributed by atoms with Gasteiger partial charge in [-0.05, 0) is 36.1 Å². The van der Waals surface area contributed by atoms with Gasteiger partial charge in [0.05, 0.1) is 24.1 Å². The van der Waals surface area contributed by atoms with Crippen LogP contribution in [0.3, 0.4) is 0 Å². The van der Waals surface area contributed by atoms with E-state index in [1.807, 2.05) is 25.2 Å². The van der Waals surface area contributed by atoms with Gasteiger partial charge in [-0.3, -0.25) is 4.99 Å². The third-order valence-corrected chi connectivity index (χ3v) is 4.92. The van der Waals surface area contributed by atoms with Crippen LogP contribution >= 0.6 is 35.3 Å². The van der Waals surface area contributed by atoms with Gasteiger partial charge in [0.2, 0.25) is 0 Å². The largest absolute Gasteiger partial charge is 0.352 e. The Bertz CT molecular complexity index is 836. The van der Waals surface area contributed by atoms with Crippen LogP contribution in [0.1, 0.15) is 16.3 Å². The van der Waals surface area contributed by atoms with Crippen LogP contribution in [0.2, 0.25) is 0 Å². The van der Waals surface area contributed by atoms with Crippen LogP contribution in [0.4, 0.5) is 0 Å². The first-order chi connectivity index (χ1) is 11.2. The SMILES string of the molecule is CN=C(NCc1sccc1C)NCc1nc2ccccc2n1C.I. The van der Waals surface area contributed by atoms with E-state index in [2.05, 4.69) is 49.6 Å². The molecule has 7 heteroatoms. The fraction of sp³-hybridized carbons (Fsp3) is 0.294. The van der Waals surface area contributed by atoms with Gasteiger partial charge in [0.15, 0.2) is 5.96 Å². The fourth-order valence-electron chi connectivity index (χ4n) is 2.49. The third-order valence-electron chi connectivity index (χ3n) is 3.90. The molecule has 128 valence electrons. The topological polar surface area (TPSA) is 54.2 Å². The third kappa shape index (κ3) is 4.07. The molecule has 0 aliphatic heterocycles. The summed E-state index contributed by atoms with van der Waals surface area (Å²) in [6.45, 7) is 3.54. The second kappa shape index (κ2) is 8.48. The maximum atomic E-state index is 4.66. The van der Waals surface area contributed by atoms with Crippen LogP contribution in [0, 0.1) is 6.92 Å². The van der Waals surface area contributed by atoms with Crippen molar-refractivity contribution in [3.63, 3.8) is 0 Å². The number of aryl methyl sites for hydroxylation is 2. The summed E-state index contributed by atoms with van der Waals surface area (Å²) < 4.78 is 2.11. The van der Waals surface area contributed by atoms with Crippen molar-refractivity contribution in [1.29, 1.82) is 0 Å². The Kier molecular flexibility index (Phi) is 6.61. The predicted octanol–water partition coefficient (Wildman–Crippen LogP) is 3.43. The van der Waals surface area contributed by atoms with Crippen LogP contribution in [0.5, 0.6) is 0 Å². The van der Waals surface area contributed by atoms with E-state index in [1.54, 1.807) is 18.4 Å². The maximum absolute atomic E-state index is 4.66. The average Bonchev–Trinajstić information content (AvgIpc) is 3.12. The minimum Gasteiger partial charge on any atom is -0.352 e. The van der Waals surface area contributed by atoms with Gasteiger partial charge in [0, 0.05) is 19.0 Å². The van der Waals surface area contributed by atoms with Gasteiger partial charge >= 0.3 is 0 Å². The van der Waals surface area contributed by atoms with Crippen molar-refractivity contribution in [2.45, 2.75) is 20.0 Å². The summed E-state index contributed by atoms with van der Waals surface area (Å²) >= 11 is 1.76. The zero-order valence-electron chi connectivity index (χ0n) is 14.0. The molecule has 3 rings (SSSR count). The monoisotopic (exact) mass is 455 g/mol. The highest BCUT2D eigenvalue weighted by molar-refractivity contribution is 14.0. The molecule has 0 aliphatic rings. The molecular formula is C17H22IN5S. The second-order valence-corrected chi connectivity index (χ2v) is 6.38. The van der Waals surface area contributed by atoms with Crippen molar-refractivity contribution in [3.8, 4) is 0 Å². The number of benzene rings is 1. The molecule has 0 spiro atoms. The summed E-state index contributed by atoms with van der Waals surface area (Å²) in [5, 5.41) is 8.79. The minimum absolute atomic E-state index is 0. The number of para-hydroxylation sites is 2. The lowest BCUT2D eigenvalue weighted by Gasteiger charge is -2.11. The van der Waals surface area contributed by atoms with Crippen molar-refractivity contribution in [2.24, 2.45) is 12.0 Å². The van der Waals surface area contributed by atoms with E-state index < -0.39 is 0 Å². The van der Waals surface area contributed by atoms with Crippen LogP contribution < -0.4 is 10.6 Å². The molecular weight excluding hydrogens is 433 g/mol. The highest BCUT2D eigenvalue weighted by atomic mass is 127. The summed E-state index contributed by atoms with van der Waals surface area (Å²) in [4.78, 5) is 10.3. The lowest BCUT2D eigenvalue weighted by Crippen LogP contribution is -2.36. The molecule has 24 heavy (non-hydrogen) atoms. The molecule has 2 N–H and O–H groups in total. The zero-order chi connectivity index (χ0) is 16.2. The van der Waals surface area contributed by atoms with Gasteiger partial charge in [-0.2, -0.15) is 0 Å². The number of halogens is 1. The Morgan fingerprint density at radius 3 is 2.62 bits per heavy atom. The van der Waals surface area contributed by atoms with Crippen molar-refractivity contribution in [2.75, 3.05) is 7.05 Å². The van der Waals surface area contributed by atoms with E-state index in [1.165, 1.54) is 10.4 Å². The van der Waals surface area contributed by atoms with Crippen LogP contribution in [0.15, 0.2) is 40.7 Å². The van der Waals surface area contributed by atoms with Gasteiger partial charge in [-0.15, -0.1) is 35.3 Å². The highest BCUT2D eigenvalue weighted by Crippen LogP contribution is 2.15. The van der Waals surface area contributed by atoms with Gasteiger partial charge < -0.3 is 15.2 Å². The van der Waals surface area contributed by atoms with Crippen molar-refractivity contribution < 1.29 is 0 Å². The summed E-state index contributed by atoms with van der Waals surface area (Å²) in [5.74, 6) is 1.77. The van der Waals surface area contributed by atoms with Crippen LogP contribution in [-0.4, -0.2) is 22.6 Å². The molecule has 0 saturated carbocycles. The zero-order valence-corrected chi connectivity index (χ0v) is 17.2. The molecule has 5 nitrogen and oxygen atoms in total. The Hall–Kier alpha value is -1.61. The summed E-state index contributed by atoms with van der Waals surface area (Å²) in [6.07, 6.45) is 0. The van der Waals surface area contributed by atoms with Gasteiger partial charge in [0.25, 0.3) is 0 Å². The predicted molar refractivity (Wildman–Crippen MR) is 112 cm³/mol. The first-order valence-corrected chi connectivity index (χ1v) is 8.45. The molecule has 0 atom stereocenters. The van der Waals surface area contributed by atoms with Gasteiger partial charge in [-0.25, -0.2) is 4.98 Å². The van der Waals surface area contributed by atoms with Crippen molar-refractivity contribution in [3.05, 3.63) is 52.0 Å². The van der Waals surface area contributed by atoms with Crippen molar-refractivity contribution >= 4 is 52.3 Å². The highest BCUT2D eigenvalue weighted by Gasteiger charge is 2.08. The molecule has 0 saturated heterocycles. The number of nitrogens with one attached hydrogen (secondary N) is 2. The molecule has 0 aliphatic carbocycles. The molecule has 0 unspecified atom stereocenters. The van der Waals surface area contributed by atoms with E-state index in [0.717, 1.165) is 29.4 Å². The Morgan fingerprint density at radius 2 is 1.96 bits per heavy atom. The average molecular weight is 455 g/mol. The van der Waals surface area contributed by atoms with Gasteiger partial charge in [-0.1, -0.05) is 12.1 Å². The van der Waals surface area contributed by atoms with Crippen molar-refractivity contribution in [1.82, 2.24) is 20.2 Å². The number of hydrogen-bond donors (Lipinski definition) is 2. The Balaban J connectivity index is 0.00000208. The summed E-state index contributed by atoms with van der Waals surface area (Å²) in [7, 11) is 3.82. The molecule has 2 aromatic heterocycles. The number of rotatable bonds is 4. The molecule has 0 amide bonds. The number of aromatic nitrogens is 2. The lowest BCUT2D eigenvalue weighted by atomic mass is 10.3. The number of imidazole rings is 1. The van der Waals surface area contributed by atoms with E-state index in [4.69, 9.17) is 0 Å². The summed E-state index contributed by atoms with van der Waals surface area (Å²) in [6, 6.07) is 10.3. The van der Waals surface area contributed by atoms with E-state index in [9.17, 15) is 0 Å². The second-order valence-electron chi connectivity index (χ2n) is 5.38. The number of hydrogen-bond acceptors (Lipinski definition) is 3. The number of fused-ring (bicyclic) bond motifs is 1. The van der Waals surface area contributed by atoms with E-state index in [-0.39, 0.29) is 24.0 Å². The summed E-state index contributed by atoms with van der Waals surface area (Å²) in [5.41, 5.74) is 3.47.